The largest absolute Gasteiger partial charge is 0.382 e. The van der Waals surface area contributed by atoms with Gasteiger partial charge in [-0.05, 0) is 53.5 Å². The van der Waals surface area contributed by atoms with Crippen LogP contribution in [0, 0.1) is 10.1 Å². The first-order valence-corrected chi connectivity index (χ1v) is 11.1. The normalized spacial score (nSPS) is 30.3. The summed E-state index contributed by atoms with van der Waals surface area (Å²) in [6.07, 6.45) is -0.405. The van der Waals surface area contributed by atoms with E-state index in [4.69, 9.17) is 14.2 Å². The molecule has 32 heavy (non-hydrogen) atoms. The van der Waals surface area contributed by atoms with E-state index < -0.39 is 28.5 Å². The molecule has 1 saturated heterocycles. The zero-order valence-corrected chi connectivity index (χ0v) is 18.9. The number of ether oxygens (including phenoxy) is 3. The molecule has 8 nitrogen and oxygen atoms in total. The summed E-state index contributed by atoms with van der Waals surface area (Å²) in [7, 11) is 3.04. The highest BCUT2D eigenvalue weighted by Crippen LogP contribution is 2.60. The van der Waals surface area contributed by atoms with Gasteiger partial charge in [-0.15, -0.1) is 0 Å². The Hall–Kier alpha value is -2.30. The van der Waals surface area contributed by atoms with E-state index in [1.165, 1.54) is 39.0 Å². The molecule has 1 fully saturated rings. The fraction of sp³-hybridized carbons (Fsp3) is 0.435. The van der Waals surface area contributed by atoms with E-state index in [9.17, 15) is 20.0 Å². The minimum Gasteiger partial charge on any atom is -0.382 e. The maximum atomic E-state index is 12.1. The molecule has 0 radical (unpaired) electrons. The molecule has 2 aliphatic heterocycles. The third-order valence-electron chi connectivity index (χ3n) is 6.60. The molecule has 0 spiro atoms. The standard InChI is InChI=1S/C23H25NO7S/c1-13-16(12-32-19-8-6-5-7-18(19)24(27)28)20-15-11-22(26,14(2)25)10-9-17(15)23(13,31-20)21(29-3)30-4/h5-8,12,20-21,26H,1,9-11H2,2-4H3/b16-12+/t20-,22+,23-/m0/s1. The molecule has 1 aromatic carbocycles. The number of hydrogen-bond donors (Lipinski definition) is 1. The molecule has 9 heteroatoms. The third kappa shape index (κ3) is 3.27. The van der Waals surface area contributed by atoms with Crippen LogP contribution in [0.5, 0.6) is 0 Å². The van der Waals surface area contributed by atoms with E-state index in [1.54, 1.807) is 23.6 Å². The van der Waals surface area contributed by atoms with Crippen LogP contribution in [0.15, 0.2) is 63.4 Å². The minimum absolute atomic E-state index is 0.00827. The van der Waals surface area contributed by atoms with Crippen LogP contribution in [0.1, 0.15) is 26.2 Å². The first-order chi connectivity index (χ1) is 15.2. The van der Waals surface area contributed by atoms with Gasteiger partial charge in [0, 0.05) is 26.7 Å². The number of ketones is 1. The van der Waals surface area contributed by atoms with Gasteiger partial charge in [0.15, 0.2) is 17.7 Å². The predicted octanol–water partition coefficient (Wildman–Crippen LogP) is 3.70. The number of benzene rings is 1. The Kier molecular flexibility index (Phi) is 5.89. The lowest BCUT2D eigenvalue weighted by Crippen LogP contribution is -2.48. The number of hydrogen-bond acceptors (Lipinski definition) is 8. The summed E-state index contributed by atoms with van der Waals surface area (Å²) in [4.78, 5) is 23.6. The summed E-state index contributed by atoms with van der Waals surface area (Å²) in [6.45, 7) is 5.67. The van der Waals surface area contributed by atoms with Crippen molar-refractivity contribution in [1.82, 2.24) is 0 Å². The zero-order valence-electron chi connectivity index (χ0n) is 18.1. The van der Waals surface area contributed by atoms with Crippen LogP contribution in [0.3, 0.4) is 0 Å². The van der Waals surface area contributed by atoms with Gasteiger partial charge in [0.2, 0.25) is 0 Å². The van der Waals surface area contributed by atoms with Crippen molar-refractivity contribution in [2.45, 2.75) is 54.7 Å². The highest BCUT2D eigenvalue weighted by Gasteiger charge is 2.64. The molecule has 3 aliphatic rings. The predicted molar refractivity (Wildman–Crippen MR) is 118 cm³/mol. The lowest BCUT2D eigenvalue weighted by molar-refractivity contribution is -0.387. The molecule has 1 aromatic rings. The van der Waals surface area contributed by atoms with Gasteiger partial charge in [0.1, 0.15) is 11.7 Å². The molecule has 3 atom stereocenters. The van der Waals surface area contributed by atoms with Gasteiger partial charge in [0.25, 0.3) is 5.69 Å². The number of para-hydroxylation sites is 1. The fourth-order valence-corrected chi connectivity index (χ4v) is 5.86. The molecule has 0 amide bonds. The van der Waals surface area contributed by atoms with Crippen LogP contribution >= 0.6 is 11.8 Å². The maximum absolute atomic E-state index is 12.1. The quantitative estimate of drug-likeness (QED) is 0.216. The molecule has 1 aliphatic carbocycles. The van der Waals surface area contributed by atoms with Crippen molar-refractivity contribution >= 4 is 23.2 Å². The molecule has 1 N–H and O–H groups in total. The van der Waals surface area contributed by atoms with E-state index in [1.807, 2.05) is 0 Å². The lowest BCUT2D eigenvalue weighted by Gasteiger charge is -2.40. The topological polar surface area (TPSA) is 108 Å². The van der Waals surface area contributed by atoms with Crippen molar-refractivity contribution in [2.24, 2.45) is 0 Å². The molecular formula is C23H25NO7S. The SMILES string of the molecule is C=C1/C(=C\Sc2ccccc2[N+](=O)[O-])[C@H]2O[C@]1(C(OC)OC)C1=C2C[C@@](O)(C(C)=O)CC1. The molecule has 170 valence electrons. The summed E-state index contributed by atoms with van der Waals surface area (Å²) in [5.74, 6) is -0.283. The highest BCUT2D eigenvalue weighted by molar-refractivity contribution is 8.02. The van der Waals surface area contributed by atoms with E-state index >= 15 is 0 Å². The van der Waals surface area contributed by atoms with Crippen molar-refractivity contribution in [1.29, 1.82) is 0 Å². The van der Waals surface area contributed by atoms with Crippen molar-refractivity contribution in [3.63, 3.8) is 0 Å². The summed E-state index contributed by atoms with van der Waals surface area (Å²) in [5.41, 5.74) is 0.662. The number of nitro benzene ring substituents is 1. The first-order valence-electron chi connectivity index (χ1n) is 10.2. The van der Waals surface area contributed by atoms with Gasteiger partial charge in [-0.1, -0.05) is 30.5 Å². The van der Waals surface area contributed by atoms with E-state index in [2.05, 4.69) is 6.58 Å². The Balaban J connectivity index is 1.77. The van der Waals surface area contributed by atoms with Crippen LogP contribution in [0.2, 0.25) is 0 Å². The fourth-order valence-electron chi connectivity index (χ4n) is 4.92. The zero-order chi connectivity index (χ0) is 23.3. The van der Waals surface area contributed by atoms with E-state index in [0.717, 1.165) is 16.7 Å². The smallest absolute Gasteiger partial charge is 0.283 e. The summed E-state index contributed by atoms with van der Waals surface area (Å²) in [5, 5.41) is 24.1. The molecule has 2 bridgehead atoms. The maximum Gasteiger partial charge on any atom is 0.283 e. The monoisotopic (exact) mass is 459 g/mol. The van der Waals surface area contributed by atoms with Gasteiger partial charge >= 0.3 is 0 Å². The van der Waals surface area contributed by atoms with Crippen molar-refractivity contribution in [3.05, 3.63) is 68.7 Å². The van der Waals surface area contributed by atoms with E-state index in [0.29, 0.717) is 16.9 Å². The van der Waals surface area contributed by atoms with Gasteiger partial charge in [-0.3, -0.25) is 14.9 Å². The Morgan fingerprint density at radius 2 is 2.09 bits per heavy atom. The Morgan fingerprint density at radius 3 is 2.72 bits per heavy atom. The number of rotatable bonds is 7. The second-order valence-electron chi connectivity index (χ2n) is 8.20. The lowest BCUT2D eigenvalue weighted by atomic mass is 9.67. The second-order valence-corrected chi connectivity index (χ2v) is 9.11. The van der Waals surface area contributed by atoms with Crippen LogP contribution < -0.4 is 0 Å². The van der Waals surface area contributed by atoms with Gasteiger partial charge in [-0.25, -0.2) is 0 Å². The number of nitrogens with zero attached hydrogens (tertiary/aromatic N) is 1. The number of carbonyl (C=O) groups is 1. The number of thioether (sulfide) groups is 1. The number of fused-ring (bicyclic) bond motifs is 4. The highest BCUT2D eigenvalue weighted by atomic mass is 32.2. The second kappa shape index (κ2) is 8.24. The average molecular weight is 460 g/mol. The number of carbonyl (C=O) groups excluding carboxylic acids is 1. The van der Waals surface area contributed by atoms with Crippen molar-refractivity contribution in [3.8, 4) is 0 Å². The number of Topliss-reactive ketones (excluding diaryl/α,β-unsaturated/α-hetero) is 1. The van der Waals surface area contributed by atoms with Gasteiger partial charge in [-0.2, -0.15) is 0 Å². The van der Waals surface area contributed by atoms with Gasteiger partial charge < -0.3 is 19.3 Å². The Labute approximate surface area is 190 Å². The third-order valence-corrected chi connectivity index (χ3v) is 7.57. The molecule has 0 unspecified atom stereocenters. The minimum atomic E-state index is -1.44. The summed E-state index contributed by atoms with van der Waals surface area (Å²) in [6, 6.07) is 6.49. The number of aliphatic hydroxyl groups is 1. The van der Waals surface area contributed by atoms with Crippen LogP contribution in [-0.4, -0.2) is 53.6 Å². The molecular weight excluding hydrogens is 434 g/mol. The molecule has 0 aromatic heterocycles. The van der Waals surface area contributed by atoms with Crippen LogP contribution in [-0.2, 0) is 19.0 Å². The van der Waals surface area contributed by atoms with Crippen LogP contribution in [0.4, 0.5) is 5.69 Å². The average Bonchev–Trinajstić information content (AvgIpc) is 3.24. The molecule has 4 rings (SSSR count). The first kappa shape index (κ1) is 22.9. The molecule has 2 heterocycles. The number of methoxy groups -OCH3 is 2. The van der Waals surface area contributed by atoms with Crippen molar-refractivity contribution in [2.75, 3.05) is 14.2 Å². The van der Waals surface area contributed by atoms with Crippen molar-refractivity contribution < 1.29 is 29.0 Å². The Morgan fingerprint density at radius 1 is 1.41 bits per heavy atom. The summed E-state index contributed by atoms with van der Waals surface area (Å²) < 4.78 is 17.6. The van der Waals surface area contributed by atoms with Crippen LogP contribution in [0.25, 0.3) is 0 Å². The summed E-state index contributed by atoms with van der Waals surface area (Å²) >= 11 is 1.21. The molecule has 0 saturated carbocycles. The Bertz CT molecular complexity index is 1060. The van der Waals surface area contributed by atoms with E-state index in [-0.39, 0.29) is 24.3 Å². The number of nitro groups is 1. The van der Waals surface area contributed by atoms with Gasteiger partial charge in [0.05, 0.1) is 9.82 Å².